The number of unbranched alkanes of at least 4 members (excludes halogenated alkanes) is 1. The Morgan fingerprint density at radius 3 is 2.73 bits per heavy atom. The van der Waals surface area contributed by atoms with Crippen LogP contribution in [0.25, 0.3) is 0 Å². The summed E-state index contributed by atoms with van der Waals surface area (Å²) in [5.41, 5.74) is 2.90. The van der Waals surface area contributed by atoms with Crippen LogP contribution in [0, 0.1) is 24.0 Å². The second kappa shape index (κ2) is 6.51. The standard InChI is InChI=1S/C16H19N3O3/c1-4-5-9-15-11(2)17-18(12(15)3)16(20)13-7-6-8-14(10-13)19(21)22/h6-8,10H,4-5,9H2,1-3H3. The van der Waals surface area contributed by atoms with E-state index in [1.165, 1.54) is 22.9 Å². The molecule has 0 saturated carbocycles. The van der Waals surface area contributed by atoms with Crippen LogP contribution >= 0.6 is 0 Å². The number of nitro benzene ring substituents is 1. The molecule has 6 heteroatoms. The first-order valence-corrected chi connectivity index (χ1v) is 7.30. The fraction of sp³-hybridized carbons (Fsp3) is 0.375. The van der Waals surface area contributed by atoms with E-state index in [1.807, 2.05) is 13.8 Å². The molecule has 116 valence electrons. The highest BCUT2D eigenvalue weighted by molar-refractivity contribution is 5.96. The SMILES string of the molecule is CCCCc1c(C)nn(C(=O)c2cccc([N+](=O)[O-])c2)c1C. The van der Waals surface area contributed by atoms with Crippen LogP contribution in [0.4, 0.5) is 5.69 Å². The maximum atomic E-state index is 12.6. The predicted molar refractivity (Wildman–Crippen MR) is 83.1 cm³/mol. The van der Waals surface area contributed by atoms with Gasteiger partial charge in [0.25, 0.3) is 11.6 Å². The molecule has 0 amide bonds. The number of hydrogen-bond acceptors (Lipinski definition) is 4. The highest BCUT2D eigenvalue weighted by Gasteiger charge is 2.19. The molecule has 2 rings (SSSR count). The van der Waals surface area contributed by atoms with E-state index in [2.05, 4.69) is 12.0 Å². The third-order valence-corrected chi connectivity index (χ3v) is 3.72. The molecule has 0 aliphatic rings. The third kappa shape index (κ3) is 3.05. The van der Waals surface area contributed by atoms with E-state index >= 15 is 0 Å². The molecule has 2 aromatic rings. The molecule has 6 nitrogen and oxygen atoms in total. The fourth-order valence-corrected chi connectivity index (χ4v) is 2.46. The Kier molecular flexibility index (Phi) is 4.70. The first kappa shape index (κ1) is 15.9. The largest absolute Gasteiger partial charge is 0.278 e. The van der Waals surface area contributed by atoms with Gasteiger partial charge in [-0.1, -0.05) is 19.4 Å². The molecule has 0 aliphatic carbocycles. The van der Waals surface area contributed by atoms with Crippen molar-refractivity contribution in [3.63, 3.8) is 0 Å². The summed E-state index contributed by atoms with van der Waals surface area (Å²) in [6.45, 7) is 5.86. The third-order valence-electron chi connectivity index (χ3n) is 3.72. The van der Waals surface area contributed by atoms with Crippen molar-refractivity contribution in [3.8, 4) is 0 Å². The first-order valence-electron chi connectivity index (χ1n) is 7.30. The Hall–Kier alpha value is -2.50. The number of aryl methyl sites for hydroxylation is 1. The number of hydrogen-bond donors (Lipinski definition) is 0. The molecule has 0 spiro atoms. The van der Waals surface area contributed by atoms with E-state index < -0.39 is 4.92 Å². The lowest BCUT2D eigenvalue weighted by Crippen LogP contribution is -2.15. The van der Waals surface area contributed by atoms with Gasteiger partial charge >= 0.3 is 0 Å². The summed E-state index contributed by atoms with van der Waals surface area (Å²) >= 11 is 0. The topological polar surface area (TPSA) is 78.0 Å². The van der Waals surface area contributed by atoms with E-state index in [0.29, 0.717) is 0 Å². The lowest BCUT2D eigenvalue weighted by molar-refractivity contribution is -0.384. The minimum atomic E-state index is -0.509. The molecule has 0 fully saturated rings. The summed E-state index contributed by atoms with van der Waals surface area (Å²) in [4.78, 5) is 22.9. The van der Waals surface area contributed by atoms with Crippen molar-refractivity contribution in [2.24, 2.45) is 0 Å². The maximum absolute atomic E-state index is 12.6. The van der Waals surface area contributed by atoms with Crippen molar-refractivity contribution in [2.75, 3.05) is 0 Å². The highest BCUT2D eigenvalue weighted by Crippen LogP contribution is 2.19. The number of rotatable bonds is 5. The van der Waals surface area contributed by atoms with Gasteiger partial charge in [-0.2, -0.15) is 5.10 Å². The number of carbonyl (C=O) groups is 1. The first-order chi connectivity index (χ1) is 10.5. The van der Waals surface area contributed by atoms with E-state index in [0.717, 1.165) is 36.2 Å². The maximum Gasteiger partial charge on any atom is 0.278 e. The average Bonchev–Trinajstić information content (AvgIpc) is 2.79. The molecule has 0 N–H and O–H groups in total. The molecule has 0 radical (unpaired) electrons. The van der Waals surface area contributed by atoms with Gasteiger partial charge in [0.15, 0.2) is 0 Å². The Labute approximate surface area is 128 Å². The summed E-state index contributed by atoms with van der Waals surface area (Å²) < 4.78 is 1.35. The van der Waals surface area contributed by atoms with Gasteiger partial charge in [0.2, 0.25) is 0 Å². The zero-order valence-corrected chi connectivity index (χ0v) is 13.0. The predicted octanol–water partition coefficient (Wildman–Crippen LogP) is 3.44. The van der Waals surface area contributed by atoms with Gasteiger partial charge in [-0.05, 0) is 38.3 Å². The molecule has 0 saturated heterocycles. The number of nitro groups is 1. The fourth-order valence-electron chi connectivity index (χ4n) is 2.46. The Bertz CT molecular complexity index is 719. The molecule has 0 aliphatic heterocycles. The van der Waals surface area contributed by atoms with Crippen LogP contribution in [-0.4, -0.2) is 20.6 Å². The van der Waals surface area contributed by atoms with Gasteiger partial charge in [0.1, 0.15) is 0 Å². The lowest BCUT2D eigenvalue weighted by atomic mass is 10.1. The van der Waals surface area contributed by atoms with Crippen LogP contribution in [0.2, 0.25) is 0 Å². The molecular formula is C16H19N3O3. The number of aromatic nitrogens is 2. The van der Waals surface area contributed by atoms with E-state index in [1.54, 1.807) is 6.07 Å². The van der Waals surface area contributed by atoms with Gasteiger partial charge in [-0.25, -0.2) is 4.68 Å². The average molecular weight is 301 g/mol. The summed E-state index contributed by atoms with van der Waals surface area (Å²) in [6.07, 6.45) is 3.00. The van der Waals surface area contributed by atoms with Crippen LogP contribution in [0.1, 0.15) is 47.1 Å². The minimum Gasteiger partial charge on any atom is -0.267 e. The molecule has 0 unspecified atom stereocenters. The van der Waals surface area contributed by atoms with E-state index in [4.69, 9.17) is 0 Å². The van der Waals surface area contributed by atoms with E-state index in [-0.39, 0.29) is 17.2 Å². The Balaban J connectivity index is 2.38. The van der Waals surface area contributed by atoms with Crippen molar-refractivity contribution in [2.45, 2.75) is 40.0 Å². The van der Waals surface area contributed by atoms with Gasteiger partial charge in [-0.15, -0.1) is 0 Å². The lowest BCUT2D eigenvalue weighted by Gasteiger charge is -2.04. The minimum absolute atomic E-state index is 0.0985. The van der Waals surface area contributed by atoms with Crippen LogP contribution in [-0.2, 0) is 6.42 Å². The Morgan fingerprint density at radius 2 is 2.09 bits per heavy atom. The van der Waals surface area contributed by atoms with Gasteiger partial charge in [0.05, 0.1) is 10.6 Å². The summed E-state index contributed by atoms with van der Waals surface area (Å²) in [5.74, 6) is -0.341. The monoisotopic (exact) mass is 301 g/mol. The summed E-state index contributed by atoms with van der Waals surface area (Å²) in [5, 5.41) is 15.1. The number of nitrogens with zero attached hydrogens (tertiary/aromatic N) is 3. The number of carbonyl (C=O) groups excluding carboxylic acids is 1. The van der Waals surface area contributed by atoms with Gasteiger partial charge in [0, 0.05) is 23.4 Å². The molecule has 1 aromatic carbocycles. The van der Waals surface area contributed by atoms with Crippen molar-refractivity contribution in [1.82, 2.24) is 9.78 Å². The summed E-state index contributed by atoms with van der Waals surface area (Å²) in [7, 11) is 0. The summed E-state index contributed by atoms with van der Waals surface area (Å²) in [6, 6.07) is 5.72. The highest BCUT2D eigenvalue weighted by atomic mass is 16.6. The van der Waals surface area contributed by atoms with Gasteiger partial charge < -0.3 is 0 Å². The van der Waals surface area contributed by atoms with Crippen LogP contribution < -0.4 is 0 Å². The smallest absolute Gasteiger partial charge is 0.267 e. The molecule has 1 heterocycles. The van der Waals surface area contributed by atoms with Crippen LogP contribution in [0.5, 0.6) is 0 Å². The molecule has 1 aromatic heterocycles. The quantitative estimate of drug-likeness (QED) is 0.626. The van der Waals surface area contributed by atoms with Crippen molar-refractivity contribution in [3.05, 3.63) is 56.9 Å². The molecule has 22 heavy (non-hydrogen) atoms. The number of non-ortho nitro benzene ring substituents is 1. The normalized spacial score (nSPS) is 10.7. The second-order valence-corrected chi connectivity index (χ2v) is 5.28. The van der Waals surface area contributed by atoms with Crippen LogP contribution in [0.15, 0.2) is 24.3 Å². The van der Waals surface area contributed by atoms with Crippen molar-refractivity contribution < 1.29 is 9.72 Å². The van der Waals surface area contributed by atoms with E-state index in [9.17, 15) is 14.9 Å². The zero-order chi connectivity index (χ0) is 16.3. The van der Waals surface area contributed by atoms with Gasteiger partial charge in [-0.3, -0.25) is 14.9 Å². The number of benzene rings is 1. The Morgan fingerprint density at radius 1 is 1.36 bits per heavy atom. The van der Waals surface area contributed by atoms with Crippen molar-refractivity contribution >= 4 is 11.6 Å². The molecule has 0 bridgehead atoms. The molecule has 0 atom stereocenters. The zero-order valence-electron chi connectivity index (χ0n) is 13.0. The van der Waals surface area contributed by atoms with Crippen LogP contribution in [0.3, 0.4) is 0 Å². The molecular weight excluding hydrogens is 282 g/mol. The van der Waals surface area contributed by atoms with Crippen molar-refractivity contribution in [1.29, 1.82) is 0 Å². The second-order valence-electron chi connectivity index (χ2n) is 5.28.